The lowest BCUT2D eigenvalue weighted by Gasteiger charge is -2.20. The average molecular weight is 248 g/mol. The average Bonchev–Trinajstić information content (AvgIpc) is 2.32. The third-order valence-corrected chi connectivity index (χ3v) is 2.73. The molecule has 2 aromatic carbocycles. The van der Waals surface area contributed by atoms with Crippen LogP contribution < -0.4 is 10.6 Å². The van der Waals surface area contributed by atoms with E-state index in [2.05, 4.69) is 0 Å². The smallest absolute Gasteiger partial charge is 0.131 e. The summed E-state index contributed by atoms with van der Waals surface area (Å²) in [6.07, 6.45) is 0. The zero-order chi connectivity index (χ0) is 13.1. The fourth-order valence-corrected chi connectivity index (χ4v) is 1.76. The number of hydrogen-bond donors (Lipinski definition) is 1. The molecule has 0 amide bonds. The van der Waals surface area contributed by atoms with Crippen LogP contribution in [0.2, 0.25) is 0 Å². The molecule has 0 saturated heterocycles. The van der Waals surface area contributed by atoms with Gasteiger partial charge >= 0.3 is 0 Å². The second kappa shape index (κ2) is 5.04. The summed E-state index contributed by atoms with van der Waals surface area (Å²) in [4.78, 5) is 1.85. The quantitative estimate of drug-likeness (QED) is 0.845. The van der Waals surface area contributed by atoms with E-state index in [4.69, 9.17) is 5.73 Å². The van der Waals surface area contributed by atoms with Crippen LogP contribution in [0.3, 0.4) is 0 Å². The fraction of sp³-hybridized carbons (Fsp3) is 0.143. The van der Waals surface area contributed by atoms with Crippen molar-refractivity contribution in [2.75, 3.05) is 17.7 Å². The van der Waals surface area contributed by atoms with Crippen LogP contribution in [0.5, 0.6) is 0 Å². The normalized spacial score (nSPS) is 10.4. The maximum absolute atomic E-state index is 13.5. The number of benzene rings is 2. The highest BCUT2D eigenvalue weighted by Crippen LogP contribution is 2.19. The van der Waals surface area contributed by atoms with E-state index in [1.807, 2.05) is 24.1 Å². The molecule has 0 unspecified atom stereocenters. The Bertz CT molecular complexity index is 555. The highest BCUT2D eigenvalue weighted by atomic mass is 19.1. The second-order valence-electron chi connectivity index (χ2n) is 4.19. The van der Waals surface area contributed by atoms with Gasteiger partial charge < -0.3 is 10.6 Å². The Kier molecular flexibility index (Phi) is 3.46. The molecule has 0 aliphatic heterocycles. The van der Waals surface area contributed by atoms with Gasteiger partial charge in [0.25, 0.3) is 0 Å². The molecule has 0 bridgehead atoms. The highest BCUT2D eigenvalue weighted by Gasteiger charge is 2.07. The molecule has 0 spiro atoms. The minimum atomic E-state index is -0.567. The van der Waals surface area contributed by atoms with E-state index in [0.717, 1.165) is 11.8 Å². The molecule has 2 aromatic rings. The standard InChI is InChI=1S/C14H14F2N2/c1-18(13-4-2-3-12(17)8-13)9-10-5-6-11(15)7-14(10)16/h2-8H,9,17H2,1H3. The van der Waals surface area contributed by atoms with E-state index in [9.17, 15) is 8.78 Å². The van der Waals surface area contributed by atoms with E-state index < -0.39 is 11.6 Å². The highest BCUT2D eigenvalue weighted by molar-refractivity contribution is 5.55. The first kappa shape index (κ1) is 12.4. The van der Waals surface area contributed by atoms with E-state index in [1.165, 1.54) is 12.1 Å². The van der Waals surface area contributed by atoms with Crippen LogP contribution in [-0.4, -0.2) is 7.05 Å². The predicted octanol–water partition coefficient (Wildman–Crippen LogP) is 3.18. The van der Waals surface area contributed by atoms with Crippen LogP contribution in [0, 0.1) is 11.6 Å². The van der Waals surface area contributed by atoms with Gasteiger partial charge in [0.1, 0.15) is 11.6 Å². The second-order valence-corrected chi connectivity index (χ2v) is 4.19. The van der Waals surface area contributed by atoms with Gasteiger partial charge in [-0.15, -0.1) is 0 Å². The van der Waals surface area contributed by atoms with Crippen LogP contribution in [0.15, 0.2) is 42.5 Å². The lowest BCUT2D eigenvalue weighted by molar-refractivity contribution is 0.571. The zero-order valence-corrected chi connectivity index (χ0v) is 10.0. The molecule has 0 radical (unpaired) electrons. The SMILES string of the molecule is CN(Cc1ccc(F)cc1F)c1cccc(N)c1. The summed E-state index contributed by atoms with van der Waals surface area (Å²) >= 11 is 0. The minimum absolute atomic E-state index is 0.357. The molecule has 18 heavy (non-hydrogen) atoms. The van der Waals surface area contributed by atoms with Gasteiger partial charge in [0.2, 0.25) is 0 Å². The molecule has 0 fully saturated rings. The molecular formula is C14H14F2N2. The molecule has 94 valence electrons. The monoisotopic (exact) mass is 248 g/mol. The summed E-state index contributed by atoms with van der Waals surface area (Å²) in [6, 6.07) is 10.9. The molecule has 0 saturated carbocycles. The molecule has 2 N–H and O–H groups in total. The Balaban J connectivity index is 2.18. The van der Waals surface area contributed by atoms with Gasteiger partial charge in [-0.1, -0.05) is 12.1 Å². The first-order valence-corrected chi connectivity index (χ1v) is 5.57. The van der Waals surface area contributed by atoms with Crippen molar-refractivity contribution in [3.8, 4) is 0 Å². The van der Waals surface area contributed by atoms with E-state index in [-0.39, 0.29) is 0 Å². The first-order valence-electron chi connectivity index (χ1n) is 5.57. The number of nitrogens with two attached hydrogens (primary N) is 1. The van der Waals surface area contributed by atoms with Crippen LogP contribution in [-0.2, 0) is 6.54 Å². The Morgan fingerprint density at radius 3 is 2.56 bits per heavy atom. The molecule has 0 aromatic heterocycles. The van der Waals surface area contributed by atoms with Crippen molar-refractivity contribution in [3.05, 3.63) is 59.7 Å². The molecule has 0 aliphatic carbocycles. The summed E-state index contributed by atoms with van der Waals surface area (Å²) in [5.74, 6) is -1.10. The van der Waals surface area contributed by atoms with Crippen LogP contribution in [0.1, 0.15) is 5.56 Å². The number of halogens is 2. The number of nitrogen functional groups attached to an aromatic ring is 1. The van der Waals surface area contributed by atoms with Gasteiger partial charge in [0.05, 0.1) is 0 Å². The molecule has 0 aliphatic rings. The molecule has 2 nitrogen and oxygen atoms in total. The van der Waals surface area contributed by atoms with Crippen molar-refractivity contribution in [1.82, 2.24) is 0 Å². The summed E-state index contributed by atoms with van der Waals surface area (Å²) in [7, 11) is 1.83. The maximum atomic E-state index is 13.5. The number of anilines is 2. The predicted molar refractivity (Wildman–Crippen MR) is 69.3 cm³/mol. The molecule has 4 heteroatoms. The van der Waals surface area contributed by atoms with Crippen molar-refractivity contribution in [3.63, 3.8) is 0 Å². The summed E-state index contributed by atoms with van der Waals surface area (Å²) in [6.45, 7) is 0.357. The van der Waals surface area contributed by atoms with Crippen LogP contribution >= 0.6 is 0 Å². The number of hydrogen-bond acceptors (Lipinski definition) is 2. The molecule has 2 rings (SSSR count). The number of rotatable bonds is 3. The van der Waals surface area contributed by atoms with Crippen molar-refractivity contribution in [2.24, 2.45) is 0 Å². The van der Waals surface area contributed by atoms with Crippen LogP contribution in [0.4, 0.5) is 20.2 Å². The van der Waals surface area contributed by atoms with Crippen molar-refractivity contribution in [2.45, 2.75) is 6.54 Å². The van der Waals surface area contributed by atoms with Crippen molar-refractivity contribution >= 4 is 11.4 Å². The Morgan fingerprint density at radius 2 is 1.89 bits per heavy atom. The Morgan fingerprint density at radius 1 is 1.11 bits per heavy atom. The van der Waals surface area contributed by atoms with Gasteiger partial charge in [-0.25, -0.2) is 8.78 Å². The minimum Gasteiger partial charge on any atom is -0.399 e. The summed E-state index contributed by atoms with van der Waals surface area (Å²) in [5, 5.41) is 0. The van der Waals surface area contributed by atoms with Gasteiger partial charge in [-0.3, -0.25) is 0 Å². The van der Waals surface area contributed by atoms with Gasteiger partial charge in [-0.2, -0.15) is 0 Å². The summed E-state index contributed by atoms with van der Waals surface area (Å²) in [5.41, 5.74) is 7.67. The third-order valence-electron chi connectivity index (χ3n) is 2.73. The first-order chi connectivity index (χ1) is 8.56. The van der Waals surface area contributed by atoms with E-state index in [0.29, 0.717) is 17.8 Å². The van der Waals surface area contributed by atoms with Gasteiger partial charge in [-0.05, 0) is 24.3 Å². The largest absolute Gasteiger partial charge is 0.399 e. The molecule has 0 heterocycles. The van der Waals surface area contributed by atoms with E-state index in [1.54, 1.807) is 12.1 Å². The zero-order valence-electron chi connectivity index (χ0n) is 10.0. The van der Waals surface area contributed by atoms with Crippen molar-refractivity contribution in [1.29, 1.82) is 0 Å². The number of nitrogens with zero attached hydrogens (tertiary/aromatic N) is 1. The maximum Gasteiger partial charge on any atom is 0.131 e. The third kappa shape index (κ3) is 2.77. The fourth-order valence-electron chi connectivity index (χ4n) is 1.76. The van der Waals surface area contributed by atoms with Gasteiger partial charge in [0.15, 0.2) is 0 Å². The lowest BCUT2D eigenvalue weighted by Crippen LogP contribution is -2.17. The van der Waals surface area contributed by atoms with Crippen LogP contribution in [0.25, 0.3) is 0 Å². The topological polar surface area (TPSA) is 29.3 Å². The summed E-state index contributed by atoms with van der Waals surface area (Å²) < 4.78 is 26.3. The Hall–Kier alpha value is -2.10. The van der Waals surface area contributed by atoms with Crippen molar-refractivity contribution < 1.29 is 8.78 Å². The Labute approximate surface area is 105 Å². The molecule has 0 atom stereocenters. The molecular weight excluding hydrogens is 234 g/mol. The lowest BCUT2D eigenvalue weighted by atomic mass is 10.2. The van der Waals surface area contributed by atoms with Gasteiger partial charge in [0, 0.05) is 36.6 Å². The van der Waals surface area contributed by atoms with E-state index >= 15 is 0 Å².